The molecule has 180 valence electrons. The number of sulfonamides is 1. The van der Waals surface area contributed by atoms with Crippen molar-refractivity contribution in [3.8, 4) is 0 Å². The minimum Gasteiger partial charge on any atom is -0.349 e. The molecule has 0 aliphatic carbocycles. The van der Waals surface area contributed by atoms with Gasteiger partial charge in [0.05, 0.1) is 11.4 Å². The topological polar surface area (TPSA) is 97.2 Å². The molecule has 1 amide bonds. The summed E-state index contributed by atoms with van der Waals surface area (Å²) in [7, 11) is -3.60. The highest BCUT2D eigenvalue weighted by Crippen LogP contribution is 2.31. The third kappa shape index (κ3) is 4.71. The molecule has 2 aromatic rings. The zero-order valence-corrected chi connectivity index (χ0v) is 21.0. The molecule has 0 bridgehead atoms. The largest absolute Gasteiger partial charge is 0.349 e. The van der Waals surface area contributed by atoms with E-state index < -0.39 is 10.0 Å². The minimum atomic E-state index is -3.60. The number of hydrogen-bond acceptors (Lipinski definition) is 5. The van der Waals surface area contributed by atoms with Gasteiger partial charge in [0, 0.05) is 32.0 Å². The summed E-state index contributed by atoms with van der Waals surface area (Å²) >= 11 is 0. The zero-order valence-electron chi connectivity index (χ0n) is 20.1. The molecule has 2 aliphatic heterocycles. The number of nitrogens with one attached hydrogen (secondary N) is 1. The Kier molecular flexibility index (Phi) is 6.91. The molecule has 4 rings (SSSR count). The molecule has 8 nitrogen and oxygen atoms in total. The van der Waals surface area contributed by atoms with E-state index in [-0.39, 0.29) is 11.8 Å². The summed E-state index contributed by atoms with van der Waals surface area (Å²) in [6.07, 6.45) is 5.41. The molecule has 1 N–H and O–H groups in total. The molecule has 2 aliphatic rings. The summed E-state index contributed by atoms with van der Waals surface area (Å²) in [5, 5.41) is 11.6. The van der Waals surface area contributed by atoms with Crippen LogP contribution in [0, 0.1) is 33.6 Å². The fourth-order valence-corrected chi connectivity index (χ4v) is 7.09. The van der Waals surface area contributed by atoms with Crippen LogP contribution in [-0.2, 0) is 34.3 Å². The zero-order chi connectivity index (χ0) is 23.8. The first-order valence-electron chi connectivity index (χ1n) is 12.0. The molecule has 1 saturated heterocycles. The van der Waals surface area contributed by atoms with Crippen molar-refractivity contribution < 1.29 is 13.2 Å². The van der Waals surface area contributed by atoms with Crippen LogP contribution >= 0.6 is 0 Å². The second-order valence-corrected chi connectivity index (χ2v) is 11.4. The van der Waals surface area contributed by atoms with E-state index >= 15 is 0 Å². The van der Waals surface area contributed by atoms with Crippen molar-refractivity contribution in [2.45, 2.75) is 84.2 Å². The van der Waals surface area contributed by atoms with Crippen molar-refractivity contribution in [1.82, 2.24) is 24.4 Å². The molecule has 1 fully saturated rings. The molecular formula is C24H35N5O3S. The van der Waals surface area contributed by atoms with Crippen molar-refractivity contribution >= 4 is 15.9 Å². The Morgan fingerprint density at radius 3 is 2.33 bits per heavy atom. The number of nitrogens with zero attached hydrogens (tertiary/aromatic N) is 4. The number of hydrogen-bond donors (Lipinski definition) is 1. The Morgan fingerprint density at radius 1 is 1.00 bits per heavy atom. The molecule has 0 atom stereocenters. The van der Waals surface area contributed by atoms with E-state index in [0.29, 0.717) is 37.4 Å². The molecule has 0 saturated carbocycles. The van der Waals surface area contributed by atoms with Crippen LogP contribution < -0.4 is 5.32 Å². The first-order chi connectivity index (χ1) is 15.7. The van der Waals surface area contributed by atoms with Crippen molar-refractivity contribution in [1.29, 1.82) is 0 Å². The van der Waals surface area contributed by atoms with Crippen LogP contribution in [0.15, 0.2) is 11.0 Å². The van der Waals surface area contributed by atoms with Gasteiger partial charge in [-0.25, -0.2) is 8.42 Å². The summed E-state index contributed by atoms with van der Waals surface area (Å²) in [6, 6.07) is 2.04. The number of benzene rings is 1. The van der Waals surface area contributed by atoms with Gasteiger partial charge in [0.2, 0.25) is 15.9 Å². The summed E-state index contributed by atoms with van der Waals surface area (Å²) in [5.41, 5.74) is 3.59. The maximum absolute atomic E-state index is 13.5. The van der Waals surface area contributed by atoms with Gasteiger partial charge in [-0.2, -0.15) is 4.31 Å². The molecule has 0 unspecified atom stereocenters. The lowest BCUT2D eigenvalue weighted by Crippen LogP contribution is -2.43. The lowest BCUT2D eigenvalue weighted by Gasteiger charge is -2.31. The quantitative estimate of drug-likeness (QED) is 0.720. The van der Waals surface area contributed by atoms with E-state index in [1.165, 1.54) is 6.42 Å². The maximum atomic E-state index is 13.5. The highest BCUT2D eigenvalue weighted by atomic mass is 32.2. The number of carbonyl (C=O) groups is 1. The molecule has 33 heavy (non-hydrogen) atoms. The third-order valence-electron chi connectivity index (χ3n) is 7.33. The van der Waals surface area contributed by atoms with Crippen LogP contribution in [0.4, 0.5) is 0 Å². The van der Waals surface area contributed by atoms with Crippen LogP contribution in [0.3, 0.4) is 0 Å². The van der Waals surface area contributed by atoms with Gasteiger partial charge in [-0.3, -0.25) is 4.79 Å². The Hall–Kier alpha value is -2.26. The van der Waals surface area contributed by atoms with Gasteiger partial charge in [-0.1, -0.05) is 12.5 Å². The van der Waals surface area contributed by atoms with Crippen LogP contribution in [0.1, 0.15) is 66.0 Å². The molecular weight excluding hydrogens is 438 g/mol. The van der Waals surface area contributed by atoms with E-state index in [9.17, 15) is 13.2 Å². The Labute approximate surface area is 196 Å². The van der Waals surface area contributed by atoms with Crippen LogP contribution in [0.25, 0.3) is 0 Å². The second kappa shape index (κ2) is 9.54. The summed E-state index contributed by atoms with van der Waals surface area (Å²) in [6.45, 7) is 9.63. The van der Waals surface area contributed by atoms with E-state index in [0.717, 1.165) is 59.7 Å². The van der Waals surface area contributed by atoms with E-state index in [1.54, 1.807) is 4.31 Å². The number of aromatic nitrogens is 3. The molecule has 1 aromatic heterocycles. The molecule has 9 heteroatoms. The number of rotatable bonds is 5. The van der Waals surface area contributed by atoms with Gasteiger partial charge in [-0.15, -0.1) is 10.2 Å². The number of carbonyl (C=O) groups excluding carboxylic acids is 1. The lowest BCUT2D eigenvalue weighted by molar-refractivity contribution is -0.126. The molecule has 0 radical (unpaired) electrons. The first-order valence-corrected chi connectivity index (χ1v) is 13.4. The van der Waals surface area contributed by atoms with E-state index in [1.807, 2.05) is 33.8 Å². The fraction of sp³-hybridized carbons (Fsp3) is 0.625. The van der Waals surface area contributed by atoms with Crippen LogP contribution in [0.5, 0.6) is 0 Å². The predicted octanol–water partition coefficient (Wildman–Crippen LogP) is 2.96. The van der Waals surface area contributed by atoms with Gasteiger partial charge in [-0.05, 0) is 75.6 Å². The molecule has 1 aromatic carbocycles. The van der Waals surface area contributed by atoms with Gasteiger partial charge in [0.15, 0.2) is 5.82 Å². The van der Waals surface area contributed by atoms with E-state index in [4.69, 9.17) is 0 Å². The Bertz CT molecular complexity index is 1120. The average Bonchev–Trinajstić information content (AvgIpc) is 3.02. The highest BCUT2D eigenvalue weighted by Gasteiger charge is 2.34. The fourth-order valence-electron chi connectivity index (χ4n) is 5.04. The predicted molar refractivity (Wildman–Crippen MR) is 126 cm³/mol. The van der Waals surface area contributed by atoms with Crippen molar-refractivity contribution in [3.05, 3.63) is 40.0 Å². The summed E-state index contributed by atoms with van der Waals surface area (Å²) in [5.74, 6) is 1.59. The lowest BCUT2D eigenvalue weighted by atomic mass is 9.97. The maximum Gasteiger partial charge on any atom is 0.243 e. The van der Waals surface area contributed by atoms with Crippen molar-refractivity contribution in [2.24, 2.45) is 5.92 Å². The Morgan fingerprint density at radius 2 is 1.67 bits per heavy atom. The van der Waals surface area contributed by atoms with Crippen LogP contribution in [0.2, 0.25) is 0 Å². The first kappa shape index (κ1) is 23.9. The monoisotopic (exact) mass is 473 g/mol. The van der Waals surface area contributed by atoms with Crippen LogP contribution in [-0.4, -0.2) is 46.5 Å². The van der Waals surface area contributed by atoms with Gasteiger partial charge in [0.1, 0.15) is 5.82 Å². The normalized spacial score (nSPS) is 18.1. The summed E-state index contributed by atoms with van der Waals surface area (Å²) < 4.78 is 30.6. The van der Waals surface area contributed by atoms with Crippen molar-refractivity contribution in [3.63, 3.8) is 0 Å². The number of piperidine rings is 1. The SMILES string of the molecule is Cc1cc(C)c(C)c(S(=O)(=O)N2CCC(C(=O)NCc3nnc4n3CCCCC4)CC2)c1C. The number of fused-ring (bicyclic) bond motifs is 1. The smallest absolute Gasteiger partial charge is 0.243 e. The second-order valence-electron chi connectivity index (χ2n) is 9.48. The molecule has 0 spiro atoms. The highest BCUT2D eigenvalue weighted by molar-refractivity contribution is 7.89. The van der Waals surface area contributed by atoms with Gasteiger partial charge < -0.3 is 9.88 Å². The van der Waals surface area contributed by atoms with Gasteiger partial charge in [0.25, 0.3) is 0 Å². The minimum absolute atomic E-state index is 0.0308. The van der Waals surface area contributed by atoms with Crippen molar-refractivity contribution in [2.75, 3.05) is 13.1 Å². The molecule has 3 heterocycles. The number of amides is 1. The average molecular weight is 474 g/mol. The summed E-state index contributed by atoms with van der Waals surface area (Å²) in [4.78, 5) is 13.2. The number of aryl methyl sites for hydroxylation is 3. The van der Waals surface area contributed by atoms with E-state index in [2.05, 4.69) is 20.1 Å². The Balaban J connectivity index is 1.38. The standard InChI is InChI=1S/C24H35N5O3S/c1-16-14-17(2)19(4)23(18(16)3)33(31,32)28-12-9-20(10-13-28)24(30)25-15-22-27-26-21-8-6-5-7-11-29(21)22/h14,20H,5-13,15H2,1-4H3,(H,25,30). The van der Waals surface area contributed by atoms with Gasteiger partial charge >= 0.3 is 0 Å². The third-order valence-corrected chi connectivity index (χ3v) is 9.50.